The number of fused-ring (bicyclic) bond motifs is 1. The smallest absolute Gasteiger partial charge is 0.410 e. The van der Waals surface area contributed by atoms with Crippen molar-refractivity contribution < 1.29 is 19.1 Å². The summed E-state index contributed by atoms with van der Waals surface area (Å²) in [6.07, 6.45) is 5.74. The van der Waals surface area contributed by atoms with Crippen molar-refractivity contribution in [3.8, 4) is 17.0 Å². The molecule has 8 nitrogen and oxygen atoms in total. The predicted molar refractivity (Wildman–Crippen MR) is 137 cm³/mol. The number of hydrogen-bond donors (Lipinski definition) is 2. The lowest BCUT2D eigenvalue weighted by molar-refractivity contribution is 0.0625. The summed E-state index contributed by atoms with van der Waals surface area (Å²) in [6.45, 7) is 1.40. The van der Waals surface area contributed by atoms with Crippen molar-refractivity contribution in [2.24, 2.45) is 5.73 Å². The van der Waals surface area contributed by atoms with Crippen molar-refractivity contribution in [3.63, 3.8) is 0 Å². The summed E-state index contributed by atoms with van der Waals surface area (Å²) >= 11 is 0. The number of pyridine rings is 1. The van der Waals surface area contributed by atoms with Gasteiger partial charge in [0.05, 0.1) is 5.69 Å². The molecule has 0 atom stereocenters. The highest BCUT2D eigenvalue weighted by molar-refractivity contribution is 5.95. The molecule has 1 aliphatic carbocycles. The van der Waals surface area contributed by atoms with Gasteiger partial charge in [0.15, 0.2) is 0 Å². The third kappa shape index (κ3) is 5.43. The van der Waals surface area contributed by atoms with Crippen molar-refractivity contribution in [2.45, 2.75) is 44.8 Å². The van der Waals surface area contributed by atoms with E-state index in [9.17, 15) is 9.59 Å². The van der Waals surface area contributed by atoms with E-state index >= 15 is 0 Å². The molecule has 1 fully saturated rings. The number of rotatable bonds is 6. The van der Waals surface area contributed by atoms with Gasteiger partial charge in [-0.3, -0.25) is 0 Å². The molecule has 0 spiro atoms. The molecule has 8 heteroatoms. The SMILES string of the molecule is NC(=O)Nc1c(-c2ccnc(OC3CCN(C(=O)OCc4ccccc4)CC3)c2)ccc2c1CCC2. The van der Waals surface area contributed by atoms with Gasteiger partial charge in [0.25, 0.3) is 0 Å². The fourth-order valence-corrected chi connectivity index (χ4v) is 4.95. The number of carbonyl (C=O) groups excluding carboxylic acids is 2. The number of benzene rings is 2. The molecular weight excluding hydrogens is 456 g/mol. The largest absolute Gasteiger partial charge is 0.474 e. The highest BCUT2D eigenvalue weighted by Crippen LogP contribution is 2.38. The van der Waals surface area contributed by atoms with Gasteiger partial charge in [-0.25, -0.2) is 14.6 Å². The quantitative estimate of drug-likeness (QED) is 0.515. The van der Waals surface area contributed by atoms with E-state index in [4.69, 9.17) is 15.2 Å². The number of aryl methyl sites for hydroxylation is 1. The maximum Gasteiger partial charge on any atom is 0.410 e. The van der Waals surface area contributed by atoms with E-state index < -0.39 is 6.03 Å². The molecule has 0 saturated carbocycles. The number of amides is 3. The zero-order chi connectivity index (χ0) is 24.9. The number of nitrogens with one attached hydrogen (secondary N) is 1. The van der Waals surface area contributed by atoms with Crippen molar-refractivity contribution in [3.05, 3.63) is 77.5 Å². The molecule has 2 aliphatic rings. The van der Waals surface area contributed by atoms with Crippen LogP contribution < -0.4 is 15.8 Å². The van der Waals surface area contributed by atoms with Gasteiger partial charge in [0, 0.05) is 43.8 Å². The Kier molecular flexibility index (Phi) is 7.02. The molecular formula is C28H30N4O4. The lowest BCUT2D eigenvalue weighted by atomic mass is 9.98. The molecule has 3 amide bonds. The maximum absolute atomic E-state index is 12.4. The van der Waals surface area contributed by atoms with Crippen LogP contribution in [0.3, 0.4) is 0 Å². The highest BCUT2D eigenvalue weighted by atomic mass is 16.6. The molecule has 5 rings (SSSR count). The van der Waals surface area contributed by atoms with Gasteiger partial charge in [0.2, 0.25) is 5.88 Å². The molecule has 0 unspecified atom stereocenters. The minimum atomic E-state index is -0.573. The van der Waals surface area contributed by atoms with Gasteiger partial charge >= 0.3 is 12.1 Å². The third-order valence-corrected chi connectivity index (χ3v) is 6.77. The summed E-state index contributed by atoms with van der Waals surface area (Å²) in [4.78, 5) is 30.3. The van der Waals surface area contributed by atoms with Crippen LogP contribution in [0.2, 0.25) is 0 Å². The predicted octanol–water partition coefficient (Wildman–Crippen LogP) is 4.91. The summed E-state index contributed by atoms with van der Waals surface area (Å²) in [5, 5.41) is 2.84. The Hall–Kier alpha value is -4.07. The van der Waals surface area contributed by atoms with E-state index in [-0.39, 0.29) is 18.8 Å². The summed E-state index contributed by atoms with van der Waals surface area (Å²) in [5.41, 5.74) is 11.4. The first kappa shape index (κ1) is 23.7. The molecule has 186 valence electrons. The molecule has 1 aliphatic heterocycles. The molecule has 3 aromatic rings. The van der Waals surface area contributed by atoms with Crippen LogP contribution in [-0.4, -0.2) is 41.2 Å². The number of urea groups is 1. The Balaban J connectivity index is 1.21. The summed E-state index contributed by atoms with van der Waals surface area (Å²) in [5.74, 6) is 0.517. The van der Waals surface area contributed by atoms with Crippen LogP contribution in [0.1, 0.15) is 36.0 Å². The fraction of sp³-hybridized carbons (Fsp3) is 0.321. The van der Waals surface area contributed by atoms with Crippen LogP contribution in [0.25, 0.3) is 11.1 Å². The van der Waals surface area contributed by atoms with Crippen molar-refractivity contribution in [1.29, 1.82) is 0 Å². The number of ether oxygens (including phenoxy) is 2. The molecule has 3 N–H and O–H groups in total. The van der Waals surface area contributed by atoms with Crippen molar-refractivity contribution in [2.75, 3.05) is 18.4 Å². The Morgan fingerprint density at radius 2 is 1.86 bits per heavy atom. The monoisotopic (exact) mass is 486 g/mol. The number of anilines is 1. The zero-order valence-electron chi connectivity index (χ0n) is 20.1. The summed E-state index contributed by atoms with van der Waals surface area (Å²) in [6, 6.07) is 17.0. The lowest BCUT2D eigenvalue weighted by Gasteiger charge is -2.31. The van der Waals surface area contributed by atoms with Crippen LogP contribution in [0, 0.1) is 0 Å². The number of hydrogen-bond acceptors (Lipinski definition) is 5. The number of carbonyl (C=O) groups is 2. The molecule has 2 aromatic carbocycles. The Morgan fingerprint density at radius 1 is 1.06 bits per heavy atom. The lowest BCUT2D eigenvalue weighted by Crippen LogP contribution is -2.42. The first-order valence-corrected chi connectivity index (χ1v) is 12.4. The van der Waals surface area contributed by atoms with Gasteiger partial charge in [-0.05, 0) is 47.6 Å². The number of likely N-dealkylation sites (tertiary alicyclic amines) is 1. The molecule has 1 saturated heterocycles. The van der Waals surface area contributed by atoms with Crippen molar-refractivity contribution in [1.82, 2.24) is 9.88 Å². The normalized spacial score (nSPS) is 15.3. The number of nitrogens with zero attached hydrogens (tertiary/aromatic N) is 2. The van der Waals surface area contributed by atoms with E-state index in [0.717, 1.165) is 47.2 Å². The van der Waals surface area contributed by atoms with Gasteiger partial charge in [0.1, 0.15) is 12.7 Å². The van der Waals surface area contributed by atoms with E-state index in [1.165, 1.54) is 5.56 Å². The van der Waals surface area contributed by atoms with E-state index in [2.05, 4.69) is 16.4 Å². The van der Waals surface area contributed by atoms with E-state index in [0.29, 0.717) is 31.8 Å². The topological polar surface area (TPSA) is 107 Å². The second-order valence-electron chi connectivity index (χ2n) is 9.20. The van der Waals surface area contributed by atoms with Crippen LogP contribution in [0.4, 0.5) is 15.3 Å². The first-order valence-electron chi connectivity index (χ1n) is 12.4. The van der Waals surface area contributed by atoms with Crippen LogP contribution >= 0.6 is 0 Å². The van der Waals surface area contributed by atoms with Crippen LogP contribution in [0.5, 0.6) is 5.88 Å². The second kappa shape index (κ2) is 10.7. The standard InChI is InChI=1S/C28H30N4O4/c29-27(33)31-26-23-8-4-7-20(23)9-10-24(26)21-11-14-30-25(17-21)36-22-12-15-32(16-13-22)28(34)35-18-19-5-2-1-3-6-19/h1-3,5-6,9-11,14,17,22H,4,7-8,12-13,15-16,18H2,(H3,29,31,33). The van der Waals surface area contributed by atoms with E-state index in [1.807, 2.05) is 48.5 Å². The second-order valence-corrected chi connectivity index (χ2v) is 9.20. The van der Waals surface area contributed by atoms with Crippen LogP contribution in [0.15, 0.2) is 60.8 Å². The minimum absolute atomic E-state index is 0.0471. The fourth-order valence-electron chi connectivity index (χ4n) is 4.95. The molecule has 36 heavy (non-hydrogen) atoms. The van der Waals surface area contributed by atoms with Gasteiger partial charge in [-0.15, -0.1) is 0 Å². The molecule has 0 radical (unpaired) electrons. The summed E-state index contributed by atoms with van der Waals surface area (Å²) in [7, 11) is 0. The van der Waals surface area contributed by atoms with Crippen molar-refractivity contribution >= 4 is 17.8 Å². The van der Waals surface area contributed by atoms with Crippen LogP contribution in [-0.2, 0) is 24.2 Å². The Bertz CT molecular complexity index is 1240. The average molecular weight is 487 g/mol. The van der Waals surface area contributed by atoms with Gasteiger partial charge in [-0.1, -0.05) is 42.5 Å². The Labute approximate surface area is 210 Å². The van der Waals surface area contributed by atoms with Gasteiger partial charge in [-0.2, -0.15) is 0 Å². The number of nitrogens with two attached hydrogens (primary N) is 1. The van der Waals surface area contributed by atoms with E-state index in [1.54, 1.807) is 11.1 Å². The average Bonchev–Trinajstić information content (AvgIpc) is 3.38. The number of piperidine rings is 1. The zero-order valence-corrected chi connectivity index (χ0v) is 20.1. The Morgan fingerprint density at radius 3 is 2.64 bits per heavy atom. The molecule has 2 heterocycles. The highest BCUT2D eigenvalue weighted by Gasteiger charge is 2.26. The number of primary amides is 1. The maximum atomic E-state index is 12.4. The van der Waals surface area contributed by atoms with Gasteiger partial charge < -0.3 is 25.4 Å². The summed E-state index contributed by atoms with van der Waals surface area (Å²) < 4.78 is 11.6. The minimum Gasteiger partial charge on any atom is -0.474 e. The third-order valence-electron chi connectivity index (χ3n) is 6.77. The molecule has 0 bridgehead atoms. The molecule has 1 aromatic heterocycles. The number of aromatic nitrogens is 1. The first-order chi connectivity index (χ1) is 17.6.